The van der Waals surface area contributed by atoms with Crippen molar-refractivity contribution in [3.05, 3.63) is 105 Å². The van der Waals surface area contributed by atoms with E-state index in [9.17, 15) is 9.59 Å². The van der Waals surface area contributed by atoms with Crippen molar-refractivity contribution < 1.29 is 14.6 Å². The number of carbonyl (C=O) groups is 1. The molecule has 0 radical (unpaired) electrons. The number of carbonyl (C=O) groups excluding carboxylic acids is 1. The van der Waals surface area contributed by atoms with Crippen molar-refractivity contribution in [2.45, 2.75) is 32.9 Å². The first-order valence-corrected chi connectivity index (χ1v) is 11.8. The minimum atomic E-state index is -0.275. The molecule has 36 heavy (non-hydrogen) atoms. The highest BCUT2D eigenvalue weighted by Gasteiger charge is 2.14. The average Bonchev–Trinajstić information content (AvgIpc) is 2.90. The summed E-state index contributed by atoms with van der Waals surface area (Å²) in [5, 5.41) is 12.9. The summed E-state index contributed by atoms with van der Waals surface area (Å²) in [6.07, 6.45) is 3.40. The van der Waals surface area contributed by atoms with Crippen molar-refractivity contribution in [3.8, 4) is 11.5 Å². The van der Waals surface area contributed by atoms with E-state index in [4.69, 9.17) is 21.4 Å². The molecule has 0 bridgehead atoms. The molecule has 0 saturated carbocycles. The first-order valence-electron chi connectivity index (χ1n) is 11.4. The van der Waals surface area contributed by atoms with Gasteiger partial charge in [-0.05, 0) is 54.1 Å². The first kappa shape index (κ1) is 25.1. The monoisotopic (exact) mass is 504 g/mol. The molecule has 4 aromatic rings. The quantitative estimate of drug-likeness (QED) is 0.316. The van der Waals surface area contributed by atoms with Gasteiger partial charge >= 0.3 is 0 Å². The van der Waals surface area contributed by atoms with Crippen LogP contribution in [-0.2, 0) is 24.4 Å². The Bertz CT molecular complexity index is 1390. The van der Waals surface area contributed by atoms with E-state index in [0.29, 0.717) is 45.8 Å². The second kappa shape index (κ2) is 11.6. The van der Waals surface area contributed by atoms with Crippen molar-refractivity contribution >= 4 is 29.0 Å². The van der Waals surface area contributed by atoms with Crippen molar-refractivity contribution in [1.82, 2.24) is 14.5 Å². The van der Waals surface area contributed by atoms with Gasteiger partial charge in [0.2, 0.25) is 5.95 Å². The van der Waals surface area contributed by atoms with E-state index in [1.54, 1.807) is 61.7 Å². The third-order valence-electron chi connectivity index (χ3n) is 5.46. The van der Waals surface area contributed by atoms with Gasteiger partial charge in [-0.2, -0.15) is 0 Å². The molecular formula is C27H25ClN4O4. The van der Waals surface area contributed by atoms with Crippen LogP contribution in [0.25, 0.3) is 0 Å². The minimum Gasteiger partial charge on any atom is -0.456 e. The smallest absolute Gasteiger partial charge is 0.258 e. The minimum absolute atomic E-state index is 0.0237. The van der Waals surface area contributed by atoms with Crippen molar-refractivity contribution in [1.29, 1.82) is 0 Å². The Labute approximate surface area is 213 Å². The van der Waals surface area contributed by atoms with E-state index < -0.39 is 0 Å². The van der Waals surface area contributed by atoms with Gasteiger partial charge in [0.1, 0.15) is 17.3 Å². The number of aliphatic hydroxyl groups excluding tert-OH is 1. The fraction of sp³-hybridized carbons (Fsp3) is 0.185. The number of hydrogen-bond acceptors (Lipinski definition) is 7. The summed E-state index contributed by atoms with van der Waals surface area (Å²) in [4.78, 5) is 33.8. The molecule has 9 heteroatoms. The number of anilines is 2. The van der Waals surface area contributed by atoms with Crippen LogP contribution in [0.3, 0.4) is 0 Å². The van der Waals surface area contributed by atoms with E-state index in [-0.39, 0.29) is 30.9 Å². The van der Waals surface area contributed by atoms with Gasteiger partial charge < -0.3 is 15.2 Å². The number of hydrogen-bond donors (Lipinski definition) is 2. The molecule has 2 aromatic heterocycles. The number of nitrogens with one attached hydrogen (secondary N) is 1. The van der Waals surface area contributed by atoms with Crippen molar-refractivity contribution in [2.24, 2.45) is 0 Å². The fourth-order valence-electron chi connectivity index (χ4n) is 3.45. The summed E-state index contributed by atoms with van der Waals surface area (Å²) in [6.45, 7) is 1.90. The Morgan fingerprint density at radius 3 is 2.36 bits per heavy atom. The number of pyridine rings is 1. The van der Waals surface area contributed by atoms with Crippen LogP contribution >= 0.6 is 11.6 Å². The number of benzene rings is 2. The Kier molecular flexibility index (Phi) is 8.10. The Morgan fingerprint density at radius 2 is 1.72 bits per heavy atom. The Balaban J connectivity index is 1.57. The Morgan fingerprint density at radius 1 is 1.00 bits per heavy atom. The number of ether oxygens (including phenoxy) is 1. The van der Waals surface area contributed by atoms with Gasteiger partial charge in [0.15, 0.2) is 0 Å². The molecule has 0 spiro atoms. The van der Waals surface area contributed by atoms with Crippen molar-refractivity contribution in [3.63, 3.8) is 0 Å². The largest absolute Gasteiger partial charge is 0.456 e. The molecule has 0 atom stereocenters. The summed E-state index contributed by atoms with van der Waals surface area (Å²) in [5.41, 5.74) is 2.21. The lowest BCUT2D eigenvalue weighted by Crippen LogP contribution is -2.28. The standard InChI is InChI=1S/C27H25ClN4O4/c1-2-23(34)13-19-14-30-27(32(26(19)35)16-18-3-5-20(28)6-4-18)31-21-7-10-24(11-8-21)36-25-12-9-22(17-33)29-15-25/h3-12,14-15,33H,2,13,16-17H2,1H3,(H,30,31). The number of aliphatic hydroxyl groups is 1. The number of halogens is 1. The van der Waals surface area contributed by atoms with E-state index in [1.807, 2.05) is 12.1 Å². The number of aromatic nitrogens is 3. The molecule has 2 aromatic carbocycles. The van der Waals surface area contributed by atoms with E-state index >= 15 is 0 Å². The van der Waals surface area contributed by atoms with Crippen LogP contribution in [0.5, 0.6) is 11.5 Å². The highest BCUT2D eigenvalue weighted by atomic mass is 35.5. The van der Waals surface area contributed by atoms with Crippen LogP contribution in [-0.4, -0.2) is 25.4 Å². The topological polar surface area (TPSA) is 106 Å². The van der Waals surface area contributed by atoms with Gasteiger partial charge in [0.05, 0.1) is 25.0 Å². The number of nitrogens with zero attached hydrogens (tertiary/aromatic N) is 3. The number of Topliss-reactive ketones (excluding diaryl/α,β-unsaturated/α-hetero) is 1. The third kappa shape index (κ3) is 6.35. The second-order valence-corrected chi connectivity index (χ2v) is 8.53. The second-order valence-electron chi connectivity index (χ2n) is 8.09. The number of rotatable bonds is 10. The maximum Gasteiger partial charge on any atom is 0.258 e. The lowest BCUT2D eigenvalue weighted by molar-refractivity contribution is -0.118. The zero-order valence-electron chi connectivity index (χ0n) is 19.6. The van der Waals surface area contributed by atoms with E-state index in [2.05, 4.69) is 15.3 Å². The summed E-state index contributed by atoms with van der Waals surface area (Å²) in [7, 11) is 0. The zero-order valence-corrected chi connectivity index (χ0v) is 20.4. The summed E-state index contributed by atoms with van der Waals surface area (Å²) < 4.78 is 7.31. The first-order chi connectivity index (χ1) is 17.4. The Hall–Kier alpha value is -4.01. The van der Waals surface area contributed by atoms with Gasteiger partial charge in [0, 0.05) is 35.3 Å². The van der Waals surface area contributed by atoms with Gasteiger partial charge in [-0.15, -0.1) is 0 Å². The van der Waals surface area contributed by atoms with Crippen LogP contribution in [0.15, 0.2) is 77.9 Å². The van der Waals surface area contributed by atoms with Gasteiger partial charge in [-0.3, -0.25) is 19.1 Å². The number of ketones is 1. The van der Waals surface area contributed by atoms with Crippen LogP contribution in [0.1, 0.15) is 30.2 Å². The highest BCUT2D eigenvalue weighted by molar-refractivity contribution is 6.30. The molecule has 0 saturated heterocycles. The van der Waals surface area contributed by atoms with Gasteiger partial charge in [-0.1, -0.05) is 30.7 Å². The lowest BCUT2D eigenvalue weighted by Gasteiger charge is -2.15. The van der Waals surface area contributed by atoms with Crippen molar-refractivity contribution in [2.75, 3.05) is 5.32 Å². The predicted molar refractivity (Wildman–Crippen MR) is 138 cm³/mol. The molecule has 8 nitrogen and oxygen atoms in total. The van der Waals surface area contributed by atoms with Gasteiger partial charge in [0.25, 0.3) is 5.56 Å². The maximum absolute atomic E-state index is 13.3. The molecule has 0 aliphatic rings. The molecule has 2 heterocycles. The fourth-order valence-corrected chi connectivity index (χ4v) is 3.57. The lowest BCUT2D eigenvalue weighted by atomic mass is 10.1. The van der Waals surface area contributed by atoms with Crippen LogP contribution < -0.4 is 15.6 Å². The van der Waals surface area contributed by atoms with E-state index in [0.717, 1.165) is 5.56 Å². The maximum atomic E-state index is 13.3. The summed E-state index contributed by atoms with van der Waals surface area (Å²) in [5.74, 6) is 1.46. The van der Waals surface area contributed by atoms with Crippen LogP contribution in [0, 0.1) is 0 Å². The molecule has 2 N–H and O–H groups in total. The van der Waals surface area contributed by atoms with Crippen LogP contribution in [0.4, 0.5) is 11.6 Å². The summed E-state index contributed by atoms with van der Waals surface area (Å²) >= 11 is 6.01. The van der Waals surface area contributed by atoms with Crippen LogP contribution in [0.2, 0.25) is 5.02 Å². The highest BCUT2D eigenvalue weighted by Crippen LogP contribution is 2.24. The van der Waals surface area contributed by atoms with Gasteiger partial charge in [-0.25, -0.2) is 4.98 Å². The normalized spacial score (nSPS) is 10.8. The van der Waals surface area contributed by atoms with E-state index in [1.165, 1.54) is 10.8 Å². The molecule has 184 valence electrons. The molecular weight excluding hydrogens is 480 g/mol. The zero-order chi connectivity index (χ0) is 25.5. The third-order valence-corrected chi connectivity index (χ3v) is 5.71. The molecule has 0 aliphatic heterocycles. The summed E-state index contributed by atoms with van der Waals surface area (Å²) in [6, 6.07) is 17.8. The molecule has 0 fully saturated rings. The molecule has 0 amide bonds. The molecule has 4 rings (SSSR count). The average molecular weight is 505 g/mol. The SMILES string of the molecule is CCC(=O)Cc1cnc(Nc2ccc(Oc3ccc(CO)nc3)cc2)n(Cc2ccc(Cl)cc2)c1=O. The predicted octanol–water partition coefficient (Wildman–Crippen LogP) is 4.89. The molecule has 0 aliphatic carbocycles. The molecule has 0 unspecified atom stereocenters.